The zero-order valence-electron chi connectivity index (χ0n) is 23.3. The van der Waals surface area contributed by atoms with Gasteiger partial charge in [-0.15, -0.1) is 0 Å². The lowest BCUT2D eigenvalue weighted by molar-refractivity contribution is 0.670. The maximum atomic E-state index is 6.73. The van der Waals surface area contributed by atoms with Gasteiger partial charge in [-0.2, -0.15) is 0 Å². The third-order valence-corrected chi connectivity index (χ3v) is 9.34. The smallest absolute Gasteiger partial charge is 0.143 e. The van der Waals surface area contributed by atoms with E-state index in [0.29, 0.717) is 0 Å². The summed E-state index contributed by atoms with van der Waals surface area (Å²) in [5.41, 5.74) is 6.57. The minimum Gasteiger partial charge on any atom is -0.455 e. The average molecular weight is 545 g/mol. The van der Waals surface area contributed by atoms with Crippen molar-refractivity contribution in [1.82, 2.24) is 0 Å². The number of furan rings is 1. The molecule has 0 saturated heterocycles. The van der Waals surface area contributed by atoms with Crippen LogP contribution in [0.15, 0.2) is 150 Å². The molecular formula is C42H24O. The van der Waals surface area contributed by atoms with Crippen LogP contribution < -0.4 is 0 Å². The highest BCUT2D eigenvalue weighted by Crippen LogP contribution is 2.44. The average Bonchev–Trinajstić information content (AvgIpc) is 3.42. The van der Waals surface area contributed by atoms with E-state index in [1.807, 2.05) is 0 Å². The number of fused-ring (bicyclic) bond motifs is 5. The zero-order chi connectivity index (χ0) is 28.1. The molecule has 9 aromatic carbocycles. The summed E-state index contributed by atoms with van der Waals surface area (Å²) in [7, 11) is 0. The molecule has 0 fully saturated rings. The van der Waals surface area contributed by atoms with Gasteiger partial charge >= 0.3 is 0 Å². The van der Waals surface area contributed by atoms with Crippen LogP contribution in [0.25, 0.3) is 98.1 Å². The Hall–Kier alpha value is -5.66. The third-order valence-electron chi connectivity index (χ3n) is 9.34. The normalized spacial score (nSPS) is 12.2. The summed E-state index contributed by atoms with van der Waals surface area (Å²) >= 11 is 0. The van der Waals surface area contributed by atoms with Crippen LogP contribution in [0.1, 0.15) is 0 Å². The minimum atomic E-state index is 0.920. The molecular weight excluding hydrogens is 520 g/mol. The van der Waals surface area contributed by atoms with Crippen LogP contribution in [0, 0.1) is 0 Å². The first kappa shape index (κ1) is 23.0. The van der Waals surface area contributed by atoms with Gasteiger partial charge in [0.2, 0.25) is 0 Å². The van der Waals surface area contributed by atoms with Crippen molar-refractivity contribution in [3.05, 3.63) is 146 Å². The Morgan fingerprint density at radius 3 is 1.77 bits per heavy atom. The maximum Gasteiger partial charge on any atom is 0.143 e. The summed E-state index contributed by atoms with van der Waals surface area (Å²) in [4.78, 5) is 0. The van der Waals surface area contributed by atoms with Gasteiger partial charge in [0.1, 0.15) is 11.2 Å². The van der Waals surface area contributed by atoms with Gasteiger partial charge in [0.15, 0.2) is 0 Å². The van der Waals surface area contributed by atoms with E-state index in [4.69, 9.17) is 4.42 Å². The van der Waals surface area contributed by atoms with Crippen LogP contribution in [0.2, 0.25) is 0 Å². The van der Waals surface area contributed by atoms with Gasteiger partial charge in [-0.25, -0.2) is 0 Å². The van der Waals surface area contributed by atoms with E-state index >= 15 is 0 Å². The molecule has 0 aliphatic heterocycles. The van der Waals surface area contributed by atoms with E-state index in [0.717, 1.165) is 33.1 Å². The van der Waals surface area contributed by atoms with Gasteiger partial charge in [0.25, 0.3) is 0 Å². The lowest BCUT2D eigenvalue weighted by Gasteiger charge is -2.15. The fraction of sp³-hybridized carbons (Fsp3) is 0. The maximum absolute atomic E-state index is 6.73. The summed E-state index contributed by atoms with van der Waals surface area (Å²) in [6, 6.07) is 53.2. The molecule has 0 saturated carbocycles. The third kappa shape index (κ3) is 3.28. The summed E-state index contributed by atoms with van der Waals surface area (Å²) in [6.07, 6.45) is 0. The molecule has 0 spiro atoms. The fourth-order valence-corrected chi connectivity index (χ4v) is 7.28. The highest BCUT2D eigenvalue weighted by molar-refractivity contribution is 6.26. The molecule has 0 radical (unpaired) electrons. The molecule has 0 N–H and O–H groups in total. The SMILES string of the molecule is c1ccc2cc(-c3cc(-c4ccc5ccc6cccc7ccc4c5c67)cc4c3oc3cc5ccccc5cc34)ccc2c1. The van der Waals surface area contributed by atoms with Crippen molar-refractivity contribution < 1.29 is 4.42 Å². The topological polar surface area (TPSA) is 13.1 Å². The monoisotopic (exact) mass is 544 g/mol. The highest BCUT2D eigenvalue weighted by atomic mass is 16.3. The zero-order valence-corrected chi connectivity index (χ0v) is 23.3. The first-order valence-electron chi connectivity index (χ1n) is 14.8. The molecule has 1 heterocycles. The van der Waals surface area contributed by atoms with Gasteiger partial charge < -0.3 is 4.42 Å². The number of hydrogen-bond acceptors (Lipinski definition) is 1. The van der Waals surface area contributed by atoms with Crippen molar-refractivity contribution in [2.45, 2.75) is 0 Å². The highest BCUT2D eigenvalue weighted by Gasteiger charge is 2.18. The van der Waals surface area contributed by atoms with Crippen LogP contribution in [0.3, 0.4) is 0 Å². The molecule has 1 aromatic heterocycles. The lowest BCUT2D eigenvalue weighted by atomic mass is 9.88. The Morgan fingerprint density at radius 2 is 0.953 bits per heavy atom. The van der Waals surface area contributed by atoms with Crippen molar-refractivity contribution >= 4 is 75.8 Å². The van der Waals surface area contributed by atoms with Crippen LogP contribution in [0.4, 0.5) is 0 Å². The van der Waals surface area contributed by atoms with Crippen molar-refractivity contribution in [1.29, 1.82) is 0 Å². The van der Waals surface area contributed by atoms with Crippen molar-refractivity contribution in [2.75, 3.05) is 0 Å². The second-order valence-corrected chi connectivity index (χ2v) is 11.7. The van der Waals surface area contributed by atoms with E-state index in [9.17, 15) is 0 Å². The van der Waals surface area contributed by atoms with Gasteiger partial charge in [-0.05, 0) is 101 Å². The van der Waals surface area contributed by atoms with E-state index in [-0.39, 0.29) is 0 Å². The van der Waals surface area contributed by atoms with Gasteiger partial charge in [-0.3, -0.25) is 0 Å². The molecule has 0 atom stereocenters. The van der Waals surface area contributed by atoms with Crippen molar-refractivity contribution in [3.63, 3.8) is 0 Å². The molecule has 0 aliphatic carbocycles. The molecule has 10 aromatic rings. The second kappa shape index (κ2) is 8.44. The summed E-state index contributed by atoms with van der Waals surface area (Å²) in [6.45, 7) is 0. The molecule has 0 unspecified atom stereocenters. The predicted molar refractivity (Wildman–Crippen MR) is 183 cm³/mol. The Bertz CT molecular complexity index is 2710. The van der Waals surface area contributed by atoms with Crippen LogP contribution in [-0.2, 0) is 0 Å². The molecule has 0 amide bonds. The predicted octanol–water partition coefficient (Wildman–Crippen LogP) is 12.1. The molecule has 10 rings (SSSR count). The molecule has 0 aliphatic rings. The molecule has 0 bridgehead atoms. The summed E-state index contributed by atoms with van der Waals surface area (Å²) in [5.74, 6) is 0. The second-order valence-electron chi connectivity index (χ2n) is 11.7. The van der Waals surface area contributed by atoms with Crippen LogP contribution in [-0.4, -0.2) is 0 Å². The van der Waals surface area contributed by atoms with Crippen molar-refractivity contribution in [3.8, 4) is 22.3 Å². The van der Waals surface area contributed by atoms with E-state index in [1.54, 1.807) is 0 Å². The van der Waals surface area contributed by atoms with Crippen molar-refractivity contribution in [2.24, 2.45) is 0 Å². The molecule has 43 heavy (non-hydrogen) atoms. The van der Waals surface area contributed by atoms with Gasteiger partial charge in [0.05, 0.1) is 0 Å². The van der Waals surface area contributed by atoms with Crippen LogP contribution >= 0.6 is 0 Å². The molecule has 198 valence electrons. The van der Waals surface area contributed by atoms with E-state index < -0.39 is 0 Å². The number of benzene rings is 9. The molecule has 1 nitrogen and oxygen atoms in total. The number of rotatable bonds is 2. The quantitative estimate of drug-likeness (QED) is 0.197. The standard InChI is InChI=1S/C42H24O/c1-2-7-29-20-32(15-12-25(29)6-1)36-22-33(23-38-37-21-30-8-3-4-9-31(30)24-39(37)43-42(36)38)34-18-16-28-14-13-26-10-5-11-27-17-19-35(34)41(28)40(26)27/h1-24H. The van der Waals surface area contributed by atoms with E-state index in [2.05, 4.69) is 146 Å². The largest absolute Gasteiger partial charge is 0.455 e. The Balaban J connectivity index is 1.33. The fourth-order valence-electron chi connectivity index (χ4n) is 7.28. The van der Waals surface area contributed by atoms with Gasteiger partial charge in [0, 0.05) is 16.3 Å². The Morgan fingerprint density at radius 1 is 0.326 bits per heavy atom. The Labute approximate surface area is 247 Å². The van der Waals surface area contributed by atoms with E-state index in [1.165, 1.54) is 65.0 Å². The minimum absolute atomic E-state index is 0.920. The molecule has 1 heteroatoms. The first-order valence-corrected chi connectivity index (χ1v) is 14.8. The number of hydrogen-bond donors (Lipinski definition) is 0. The van der Waals surface area contributed by atoms with Gasteiger partial charge in [-0.1, -0.05) is 115 Å². The summed E-state index contributed by atoms with van der Waals surface area (Å²) in [5, 5.41) is 15.0. The summed E-state index contributed by atoms with van der Waals surface area (Å²) < 4.78 is 6.73. The lowest BCUT2D eigenvalue weighted by Crippen LogP contribution is -1.88. The Kier molecular flexibility index (Phi) is 4.51. The van der Waals surface area contributed by atoms with Crippen LogP contribution in [0.5, 0.6) is 0 Å². The first-order chi connectivity index (χ1) is 21.3.